The van der Waals surface area contributed by atoms with Crippen molar-refractivity contribution >= 4 is 0 Å². The number of nitrogens with zero attached hydrogens (tertiary/aromatic N) is 1. The SMILES string of the molecule is COc1ccc2c(c1O)C1Cc3cc4c(cc3C(C2)N1C)OCO4. The zero-order valence-corrected chi connectivity index (χ0v) is 13.7. The van der Waals surface area contributed by atoms with Crippen LogP contribution in [0.3, 0.4) is 0 Å². The minimum absolute atomic E-state index is 0.140. The van der Waals surface area contributed by atoms with E-state index in [0.29, 0.717) is 12.5 Å². The van der Waals surface area contributed by atoms with E-state index >= 15 is 0 Å². The maximum absolute atomic E-state index is 10.7. The molecule has 24 heavy (non-hydrogen) atoms. The fourth-order valence-corrected chi connectivity index (χ4v) is 4.39. The Morgan fingerprint density at radius 1 is 1.08 bits per heavy atom. The zero-order valence-electron chi connectivity index (χ0n) is 13.7. The monoisotopic (exact) mass is 325 g/mol. The van der Waals surface area contributed by atoms with Gasteiger partial charge in [0.15, 0.2) is 23.0 Å². The van der Waals surface area contributed by atoms with Crippen LogP contribution >= 0.6 is 0 Å². The Labute approximate surface area is 140 Å². The number of rotatable bonds is 1. The van der Waals surface area contributed by atoms with E-state index in [-0.39, 0.29) is 17.8 Å². The van der Waals surface area contributed by atoms with Crippen LogP contribution in [0.15, 0.2) is 24.3 Å². The summed E-state index contributed by atoms with van der Waals surface area (Å²) in [6.07, 6.45) is 1.71. The summed E-state index contributed by atoms with van der Waals surface area (Å²) in [5.41, 5.74) is 4.78. The van der Waals surface area contributed by atoms with Gasteiger partial charge in [0.2, 0.25) is 6.79 Å². The normalized spacial score (nSPS) is 23.6. The summed E-state index contributed by atoms with van der Waals surface area (Å²) >= 11 is 0. The Balaban J connectivity index is 1.67. The molecule has 0 spiro atoms. The van der Waals surface area contributed by atoms with Crippen LogP contribution in [0.25, 0.3) is 0 Å². The van der Waals surface area contributed by atoms with Gasteiger partial charge in [-0.3, -0.25) is 4.90 Å². The highest BCUT2D eigenvalue weighted by molar-refractivity contribution is 5.57. The smallest absolute Gasteiger partial charge is 0.231 e. The highest BCUT2D eigenvalue weighted by Crippen LogP contribution is 2.52. The number of aromatic hydroxyl groups is 1. The highest BCUT2D eigenvalue weighted by Gasteiger charge is 2.41. The first kappa shape index (κ1) is 14.0. The molecule has 3 aliphatic heterocycles. The van der Waals surface area contributed by atoms with Crippen molar-refractivity contribution in [1.82, 2.24) is 4.90 Å². The number of methoxy groups -OCH3 is 1. The molecule has 0 amide bonds. The van der Waals surface area contributed by atoms with Crippen LogP contribution < -0.4 is 14.2 Å². The third-order valence-electron chi connectivity index (χ3n) is 5.63. The van der Waals surface area contributed by atoms with Crippen molar-refractivity contribution in [2.24, 2.45) is 0 Å². The highest BCUT2D eigenvalue weighted by atomic mass is 16.7. The topological polar surface area (TPSA) is 51.2 Å². The predicted molar refractivity (Wildman–Crippen MR) is 87.9 cm³/mol. The van der Waals surface area contributed by atoms with Gasteiger partial charge in [0.1, 0.15) is 0 Å². The zero-order chi connectivity index (χ0) is 16.4. The number of hydrogen-bond acceptors (Lipinski definition) is 5. The first-order valence-electron chi connectivity index (χ1n) is 8.20. The maximum Gasteiger partial charge on any atom is 0.231 e. The summed E-state index contributed by atoms with van der Waals surface area (Å²) < 4.78 is 16.4. The molecule has 5 heteroatoms. The van der Waals surface area contributed by atoms with Gasteiger partial charge in [0.05, 0.1) is 7.11 Å². The summed E-state index contributed by atoms with van der Waals surface area (Å²) in [5, 5.41) is 10.7. The molecule has 0 radical (unpaired) electrons. The first-order valence-corrected chi connectivity index (χ1v) is 8.20. The number of phenols is 1. The number of fused-ring (bicyclic) bond motifs is 7. The average Bonchev–Trinajstić information content (AvgIpc) is 3.02. The van der Waals surface area contributed by atoms with Crippen molar-refractivity contribution in [3.05, 3.63) is 46.5 Å². The molecule has 0 aliphatic carbocycles. The van der Waals surface area contributed by atoms with Crippen LogP contribution in [0.5, 0.6) is 23.0 Å². The second-order valence-electron chi connectivity index (χ2n) is 6.70. The number of phenolic OH excluding ortho intramolecular Hbond substituents is 1. The summed E-state index contributed by atoms with van der Waals surface area (Å²) in [5.74, 6) is 2.47. The van der Waals surface area contributed by atoms with Crippen LogP contribution in [0.4, 0.5) is 0 Å². The largest absolute Gasteiger partial charge is 0.504 e. The van der Waals surface area contributed by atoms with Crippen LogP contribution in [0.1, 0.15) is 34.3 Å². The number of hydrogen-bond donors (Lipinski definition) is 1. The molecule has 5 nitrogen and oxygen atoms in total. The molecule has 2 bridgehead atoms. The molecular formula is C19H19NO4. The summed E-state index contributed by atoms with van der Waals surface area (Å²) in [6, 6.07) is 8.60. The first-order chi connectivity index (χ1) is 11.7. The van der Waals surface area contributed by atoms with Gasteiger partial charge in [-0.15, -0.1) is 0 Å². The van der Waals surface area contributed by atoms with Gasteiger partial charge in [-0.25, -0.2) is 0 Å². The quantitative estimate of drug-likeness (QED) is 0.873. The molecule has 2 aromatic rings. The van der Waals surface area contributed by atoms with Crippen molar-refractivity contribution in [3.63, 3.8) is 0 Å². The second-order valence-corrected chi connectivity index (χ2v) is 6.70. The average molecular weight is 325 g/mol. The molecule has 2 aromatic carbocycles. The van der Waals surface area contributed by atoms with Gasteiger partial charge < -0.3 is 19.3 Å². The Morgan fingerprint density at radius 3 is 2.62 bits per heavy atom. The van der Waals surface area contributed by atoms with Gasteiger partial charge in [-0.2, -0.15) is 0 Å². The predicted octanol–water partition coefficient (Wildman–Crippen LogP) is 2.96. The molecule has 0 fully saturated rings. The van der Waals surface area contributed by atoms with Crippen molar-refractivity contribution in [1.29, 1.82) is 0 Å². The van der Waals surface area contributed by atoms with E-state index < -0.39 is 0 Å². The lowest BCUT2D eigenvalue weighted by molar-refractivity contribution is 0.134. The number of benzene rings is 2. The standard InChI is InChI=1S/C19H19NO4/c1-20-13-5-10-3-4-15(22-2)19(21)18(10)14(20)6-11-7-16-17(8-12(11)13)24-9-23-16/h3-4,7-8,13-14,21H,5-6,9H2,1-2H3. The molecule has 0 saturated carbocycles. The summed E-state index contributed by atoms with van der Waals surface area (Å²) in [6.45, 7) is 0.292. The van der Waals surface area contributed by atoms with Crippen LogP contribution in [-0.4, -0.2) is 31.0 Å². The molecule has 3 aliphatic rings. The molecule has 0 saturated heterocycles. The van der Waals surface area contributed by atoms with Crippen LogP contribution in [0, 0.1) is 0 Å². The Kier molecular flexibility index (Phi) is 2.80. The van der Waals surface area contributed by atoms with Crippen molar-refractivity contribution in [2.75, 3.05) is 21.0 Å². The minimum Gasteiger partial charge on any atom is -0.504 e. The van der Waals surface area contributed by atoms with Gasteiger partial charge in [0, 0.05) is 17.6 Å². The van der Waals surface area contributed by atoms with E-state index in [1.165, 1.54) is 16.7 Å². The molecule has 124 valence electrons. The summed E-state index contributed by atoms with van der Waals surface area (Å²) in [7, 11) is 3.72. The van der Waals surface area contributed by atoms with Crippen molar-refractivity contribution in [3.8, 4) is 23.0 Å². The lowest BCUT2D eigenvalue weighted by Crippen LogP contribution is -2.40. The minimum atomic E-state index is 0.140. The van der Waals surface area contributed by atoms with Crippen LogP contribution in [-0.2, 0) is 12.8 Å². The number of ether oxygens (including phenoxy) is 3. The van der Waals surface area contributed by atoms with E-state index in [4.69, 9.17) is 14.2 Å². The van der Waals surface area contributed by atoms with E-state index in [1.807, 2.05) is 6.07 Å². The fraction of sp³-hybridized carbons (Fsp3) is 0.368. The molecular weight excluding hydrogens is 306 g/mol. The molecule has 3 heterocycles. The maximum atomic E-state index is 10.7. The lowest BCUT2D eigenvalue weighted by atomic mass is 9.76. The molecule has 0 aromatic heterocycles. The second kappa shape index (κ2) is 4.80. The van der Waals surface area contributed by atoms with E-state index in [1.54, 1.807) is 7.11 Å². The van der Waals surface area contributed by atoms with Gasteiger partial charge >= 0.3 is 0 Å². The fourth-order valence-electron chi connectivity index (χ4n) is 4.39. The molecule has 2 atom stereocenters. The Hall–Kier alpha value is -2.40. The van der Waals surface area contributed by atoms with Crippen molar-refractivity contribution < 1.29 is 19.3 Å². The van der Waals surface area contributed by atoms with Gasteiger partial charge in [-0.1, -0.05) is 6.07 Å². The third kappa shape index (κ3) is 1.73. The number of likely N-dealkylation sites (N-methyl/N-ethyl adjacent to an activating group) is 1. The Bertz CT molecular complexity index is 848. The third-order valence-corrected chi connectivity index (χ3v) is 5.63. The van der Waals surface area contributed by atoms with E-state index in [0.717, 1.165) is 29.9 Å². The molecule has 5 rings (SSSR count). The Morgan fingerprint density at radius 2 is 1.83 bits per heavy atom. The van der Waals surface area contributed by atoms with E-state index in [9.17, 15) is 5.11 Å². The van der Waals surface area contributed by atoms with Gasteiger partial charge in [-0.05, 0) is 54.8 Å². The van der Waals surface area contributed by atoms with Crippen molar-refractivity contribution in [2.45, 2.75) is 24.9 Å². The lowest BCUT2D eigenvalue weighted by Gasteiger charge is -2.46. The van der Waals surface area contributed by atoms with Gasteiger partial charge in [0.25, 0.3) is 0 Å². The molecule has 2 unspecified atom stereocenters. The molecule has 1 N–H and O–H groups in total. The summed E-state index contributed by atoms with van der Waals surface area (Å²) in [4.78, 5) is 2.35. The van der Waals surface area contributed by atoms with Crippen LogP contribution in [0.2, 0.25) is 0 Å². The van der Waals surface area contributed by atoms with E-state index in [2.05, 4.69) is 30.1 Å².